The van der Waals surface area contributed by atoms with E-state index in [1.54, 1.807) is 10.9 Å². The highest BCUT2D eigenvalue weighted by atomic mass is 16.2. The maximum atomic E-state index is 13.0. The second-order valence-corrected chi connectivity index (χ2v) is 6.29. The maximum Gasteiger partial charge on any atom is 0.257 e. The molecule has 3 aromatic rings. The van der Waals surface area contributed by atoms with Crippen LogP contribution < -0.4 is 0 Å². The highest BCUT2D eigenvalue weighted by Crippen LogP contribution is 2.24. The fraction of sp³-hybridized carbons (Fsp3) is 0.333. The van der Waals surface area contributed by atoms with Gasteiger partial charge in [-0.2, -0.15) is 5.10 Å². The lowest BCUT2D eigenvalue weighted by Crippen LogP contribution is -2.36. The van der Waals surface area contributed by atoms with Crippen molar-refractivity contribution < 1.29 is 4.79 Å². The molecule has 1 aliphatic rings. The van der Waals surface area contributed by atoms with Crippen molar-refractivity contribution in [3.63, 3.8) is 0 Å². The van der Waals surface area contributed by atoms with Crippen LogP contribution in [-0.2, 0) is 20.0 Å². The first-order valence-electron chi connectivity index (χ1n) is 8.07. The number of rotatable bonds is 1. The van der Waals surface area contributed by atoms with Gasteiger partial charge in [0.15, 0.2) is 5.65 Å². The van der Waals surface area contributed by atoms with Crippen molar-refractivity contribution in [2.75, 3.05) is 6.54 Å². The Kier molecular flexibility index (Phi) is 3.33. The number of pyridine rings is 2. The summed E-state index contributed by atoms with van der Waals surface area (Å²) < 4.78 is 1.77. The van der Waals surface area contributed by atoms with E-state index in [0.29, 0.717) is 13.1 Å². The molecule has 1 aliphatic heterocycles. The summed E-state index contributed by atoms with van der Waals surface area (Å²) in [5.41, 5.74) is 5.33. The van der Waals surface area contributed by atoms with E-state index in [9.17, 15) is 4.79 Å². The second-order valence-electron chi connectivity index (χ2n) is 6.29. The highest BCUT2D eigenvalue weighted by Gasteiger charge is 2.27. The normalized spacial score (nSPS) is 14.0. The number of amides is 1. The van der Waals surface area contributed by atoms with Crippen molar-refractivity contribution in [1.29, 1.82) is 0 Å². The van der Waals surface area contributed by atoms with Gasteiger partial charge in [-0.1, -0.05) is 0 Å². The predicted molar refractivity (Wildman–Crippen MR) is 90.7 cm³/mol. The van der Waals surface area contributed by atoms with Crippen molar-refractivity contribution in [2.24, 2.45) is 7.05 Å². The first-order valence-corrected chi connectivity index (χ1v) is 8.07. The monoisotopic (exact) mass is 321 g/mol. The van der Waals surface area contributed by atoms with E-state index in [1.165, 1.54) is 0 Å². The fourth-order valence-electron chi connectivity index (χ4n) is 3.38. The van der Waals surface area contributed by atoms with Gasteiger partial charge in [-0.05, 0) is 37.6 Å². The standard InChI is InChI=1S/C18H19N5O/c1-11-16(12(2)22(3)21-11)18(24)23-8-6-15-14(10-23)9-13-5-4-7-19-17(13)20-15/h4-5,7,9H,6,8,10H2,1-3H3. The average molecular weight is 321 g/mol. The van der Waals surface area contributed by atoms with Crippen LogP contribution in [0.4, 0.5) is 0 Å². The average Bonchev–Trinajstić information content (AvgIpc) is 2.84. The SMILES string of the molecule is Cc1nn(C)c(C)c1C(=O)N1CCc2nc3ncccc3cc2C1. The molecule has 0 N–H and O–H groups in total. The number of nitrogens with zero attached hydrogens (tertiary/aromatic N) is 5. The Labute approximate surface area is 140 Å². The summed E-state index contributed by atoms with van der Waals surface area (Å²) >= 11 is 0. The highest BCUT2D eigenvalue weighted by molar-refractivity contribution is 5.96. The van der Waals surface area contributed by atoms with Gasteiger partial charge in [-0.3, -0.25) is 9.48 Å². The van der Waals surface area contributed by atoms with Crippen LogP contribution in [0, 0.1) is 13.8 Å². The van der Waals surface area contributed by atoms with Gasteiger partial charge in [-0.25, -0.2) is 9.97 Å². The van der Waals surface area contributed by atoms with Crippen LogP contribution in [0.1, 0.15) is 33.0 Å². The van der Waals surface area contributed by atoms with Gasteiger partial charge in [-0.15, -0.1) is 0 Å². The zero-order chi connectivity index (χ0) is 16.8. The van der Waals surface area contributed by atoms with Gasteiger partial charge in [0, 0.05) is 49.5 Å². The van der Waals surface area contributed by atoms with E-state index in [-0.39, 0.29) is 5.91 Å². The van der Waals surface area contributed by atoms with Crippen molar-refractivity contribution in [1.82, 2.24) is 24.6 Å². The molecule has 0 radical (unpaired) electrons. The van der Waals surface area contributed by atoms with Crippen LogP contribution in [0.5, 0.6) is 0 Å². The Morgan fingerprint density at radius 3 is 2.88 bits per heavy atom. The minimum atomic E-state index is 0.0510. The van der Waals surface area contributed by atoms with Gasteiger partial charge in [0.2, 0.25) is 0 Å². The molecule has 4 rings (SSSR count). The third kappa shape index (κ3) is 2.26. The molecule has 1 amide bonds. The van der Waals surface area contributed by atoms with Crippen LogP contribution in [-0.4, -0.2) is 37.1 Å². The van der Waals surface area contributed by atoms with Crippen LogP contribution in [0.25, 0.3) is 11.0 Å². The summed E-state index contributed by atoms with van der Waals surface area (Å²) in [5, 5.41) is 5.37. The van der Waals surface area contributed by atoms with Crippen LogP contribution >= 0.6 is 0 Å². The molecule has 122 valence electrons. The van der Waals surface area contributed by atoms with E-state index in [4.69, 9.17) is 0 Å². The van der Waals surface area contributed by atoms with Crippen LogP contribution in [0.15, 0.2) is 24.4 Å². The largest absolute Gasteiger partial charge is 0.334 e. The number of aromatic nitrogens is 4. The molecule has 24 heavy (non-hydrogen) atoms. The minimum Gasteiger partial charge on any atom is -0.334 e. The van der Waals surface area contributed by atoms with E-state index in [2.05, 4.69) is 21.1 Å². The topological polar surface area (TPSA) is 63.9 Å². The Morgan fingerprint density at radius 1 is 1.29 bits per heavy atom. The number of carbonyl (C=O) groups is 1. The molecule has 0 aliphatic carbocycles. The summed E-state index contributed by atoms with van der Waals surface area (Å²) in [4.78, 5) is 23.8. The number of hydrogen-bond acceptors (Lipinski definition) is 4. The zero-order valence-electron chi connectivity index (χ0n) is 14.1. The summed E-state index contributed by atoms with van der Waals surface area (Å²) in [6, 6.07) is 6.02. The van der Waals surface area contributed by atoms with Crippen molar-refractivity contribution in [3.8, 4) is 0 Å². The van der Waals surface area contributed by atoms with Gasteiger partial charge >= 0.3 is 0 Å². The smallest absolute Gasteiger partial charge is 0.257 e. The zero-order valence-corrected chi connectivity index (χ0v) is 14.1. The number of hydrogen-bond donors (Lipinski definition) is 0. The molecular formula is C18H19N5O. The quantitative estimate of drug-likeness (QED) is 0.689. The molecule has 0 bridgehead atoms. The minimum absolute atomic E-state index is 0.0510. The van der Waals surface area contributed by atoms with Gasteiger partial charge < -0.3 is 4.90 Å². The first-order chi connectivity index (χ1) is 11.5. The Balaban J connectivity index is 1.68. The number of carbonyl (C=O) groups excluding carboxylic acids is 1. The van der Waals surface area contributed by atoms with Gasteiger partial charge in [0.05, 0.1) is 11.3 Å². The lowest BCUT2D eigenvalue weighted by Gasteiger charge is -2.28. The molecule has 0 spiro atoms. The third-order valence-electron chi connectivity index (χ3n) is 4.75. The lowest BCUT2D eigenvalue weighted by atomic mass is 10.0. The molecule has 6 nitrogen and oxygen atoms in total. The van der Waals surface area contributed by atoms with Crippen molar-refractivity contribution in [2.45, 2.75) is 26.8 Å². The predicted octanol–water partition coefficient (Wildman–Crippen LogP) is 2.18. The molecule has 0 atom stereocenters. The fourth-order valence-corrected chi connectivity index (χ4v) is 3.38. The molecule has 0 saturated heterocycles. The molecule has 4 heterocycles. The number of aryl methyl sites for hydroxylation is 2. The van der Waals surface area contributed by atoms with E-state index in [1.807, 2.05) is 37.9 Å². The Hall–Kier alpha value is -2.76. The second kappa shape index (κ2) is 5.40. The van der Waals surface area contributed by atoms with Gasteiger partial charge in [0.1, 0.15) is 0 Å². The number of fused-ring (bicyclic) bond motifs is 2. The molecule has 0 saturated carbocycles. The molecule has 0 fully saturated rings. The molecule has 6 heteroatoms. The van der Waals surface area contributed by atoms with Crippen molar-refractivity contribution >= 4 is 16.9 Å². The molecule has 0 unspecified atom stereocenters. The lowest BCUT2D eigenvalue weighted by molar-refractivity contribution is 0.0732. The first kappa shape index (κ1) is 14.8. The third-order valence-corrected chi connectivity index (χ3v) is 4.75. The van der Waals surface area contributed by atoms with E-state index in [0.717, 1.165) is 45.7 Å². The summed E-state index contributed by atoms with van der Waals surface area (Å²) in [5.74, 6) is 0.0510. The summed E-state index contributed by atoms with van der Waals surface area (Å²) in [7, 11) is 1.87. The Bertz CT molecular complexity index is 959. The summed E-state index contributed by atoms with van der Waals surface area (Å²) in [6.45, 7) is 5.08. The van der Waals surface area contributed by atoms with E-state index >= 15 is 0 Å². The maximum absolute atomic E-state index is 13.0. The van der Waals surface area contributed by atoms with E-state index < -0.39 is 0 Å². The molecule has 0 aromatic carbocycles. The summed E-state index contributed by atoms with van der Waals surface area (Å²) in [6.07, 6.45) is 2.51. The van der Waals surface area contributed by atoms with Gasteiger partial charge in [0.25, 0.3) is 5.91 Å². The van der Waals surface area contributed by atoms with Crippen LogP contribution in [0.2, 0.25) is 0 Å². The Morgan fingerprint density at radius 2 is 2.12 bits per heavy atom. The van der Waals surface area contributed by atoms with Crippen molar-refractivity contribution in [3.05, 3.63) is 52.6 Å². The van der Waals surface area contributed by atoms with Crippen LogP contribution in [0.3, 0.4) is 0 Å². The molecular weight excluding hydrogens is 302 g/mol. The molecule has 3 aromatic heterocycles.